The average molecular weight is 655 g/mol. The zero-order valence-corrected chi connectivity index (χ0v) is 26.5. The average Bonchev–Trinajstić information content (AvgIpc) is 3.76. The van der Waals surface area contributed by atoms with Crippen molar-refractivity contribution in [1.29, 1.82) is 0 Å². The molecular formula is C33H40F2N6O6. The first-order valence-electron chi connectivity index (χ1n) is 16.2. The molecule has 3 aromatic heterocycles. The number of hydrogen-bond acceptors (Lipinski definition) is 10. The minimum atomic E-state index is -2.94. The maximum Gasteiger partial charge on any atom is 0.326 e. The highest BCUT2D eigenvalue weighted by Crippen LogP contribution is 2.42. The summed E-state index contributed by atoms with van der Waals surface area (Å²) in [5.41, 5.74) is 2.29. The van der Waals surface area contributed by atoms with E-state index in [1.165, 1.54) is 11.0 Å². The van der Waals surface area contributed by atoms with Gasteiger partial charge in [0.25, 0.3) is 6.43 Å². The third kappa shape index (κ3) is 6.14. The van der Waals surface area contributed by atoms with Crippen molar-refractivity contribution in [3.63, 3.8) is 0 Å². The van der Waals surface area contributed by atoms with Crippen molar-refractivity contribution in [2.24, 2.45) is 0 Å². The van der Waals surface area contributed by atoms with Gasteiger partial charge in [-0.25, -0.2) is 28.5 Å². The highest BCUT2D eigenvalue weighted by molar-refractivity contribution is 5.79. The molecule has 7 rings (SSSR count). The lowest BCUT2D eigenvalue weighted by atomic mass is 9.83. The molecule has 14 heteroatoms. The number of rotatable bonds is 9. The Labute approximate surface area is 271 Å². The van der Waals surface area contributed by atoms with Crippen LogP contribution in [0.15, 0.2) is 36.7 Å². The number of hydrogen-bond donors (Lipinski definition) is 2. The highest BCUT2D eigenvalue weighted by atomic mass is 19.3. The molecule has 3 saturated heterocycles. The first kappa shape index (κ1) is 31.7. The summed E-state index contributed by atoms with van der Waals surface area (Å²) in [4.78, 5) is 32.2. The lowest BCUT2D eigenvalue weighted by molar-refractivity contribution is -0.228. The number of aliphatic carboxylic acids is 1. The van der Waals surface area contributed by atoms with Gasteiger partial charge in [-0.1, -0.05) is 6.42 Å². The standard InChI is InChI=1S/C33H40F2N6O6/c1-19-33(17-45-18-33)46-10-9-40(19)26-12-21(20-5-3-6-22(11-20)44-2)15-37-31(26)47-23-13-27(32(42)43)41(16-23)28-14-25(24-7-4-8-36-24)38-30(39-28)29(34)35/h4,7-8,12,14-15,19-20,22-23,27,29,36H,3,5-6,9-11,13,16-18H2,1-2H3,(H,42,43)/t19-,20?,22+,23-,27-/m0/s1. The van der Waals surface area contributed by atoms with Crippen LogP contribution in [0, 0.1) is 0 Å². The van der Waals surface area contributed by atoms with Crippen molar-refractivity contribution in [3.8, 4) is 17.3 Å². The van der Waals surface area contributed by atoms with Crippen molar-refractivity contribution in [3.05, 3.63) is 48.0 Å². The van der Waals surface area contributed by atoms with Crippen LogP contribution in [0.25, 0.3) is 11.4 Å². The van der Waals surface area contributed by atoms with E-state index in [1.54, 1.807) is 25.4 Å². The molecule has 4 aliphatic rings. The predicted molar refractivity (Wildman–Crippen MR) is 167 cm³/mol. The summed E-state index contributed by atoms with van der Waals surface area (Å²) in [5.74, 6) is -0.984. The Bertz CT molecular complexity index is 1570. The van der Waals surface area contributed by atoms with Crippen LogP contribution >= 0.6 is 0 Å². The number of pyridine rings is 1. The molecule has 0 radical (unpaired) electrons. The number of carboxylic acid groups (broad SMARTS) is 1. The molecule has 12 nitrogen and oxygen atoms in total. The number of anilines is 2. The number of nitrogens with zero attached hydrogens (tertiary/aromatic N) is 5. The molecule has 6 heterocycles. The van der Waals surface area contributed by atoms with Crippen LogP contribution in [-0.4, -0.2) is 101 Å². The zero-order valence-electron chi connectivity index (χ0n) is 26.5. The molecule has 0 aromatic carbocycles. The van der Waals surface area contributed by atoms with Gasteiger partial charge in [-0.05, 0) is 55.9 Å². The van der Waals surface area contributed by atoms with Crippen LogP contribution in [-0.2, 0) is 19.0 Å². The normalized spacial score (nSPS) is 27.3. The summed E-state index contributed by atoms with van der Waals surface area (Å²) >= 11 is 0. The molecule has 3 aliphatic heterocycles. The monoisotopic (exact) mass is 654 g/mol. The summed E-state index contributed by atoms with van der Waals surface area (Å²) in [6.45, 7) is 4.40. The van der Waals surface area contributed by atoms with E-state index in [0.29, 0.717) is 43.9 Å². The molecule has 1 aliphatic carbocycles. The number of carboxylic acids is 1. The van der Waals surface area contributed by atoms with Gasteiger partial charge in [0.1, 0.15) is 29.3 Å². The number of halogens is 2. The number of aromatic amines is 1. The number of carbonyl (C=O) groups is 1. The number of H-pyrrole nitrogens is 1. The topological polar surface area (TPSA) is 135 Å². The van der Waals surface area contributed by atoms with Crippen molar-refractivity contribution in [2.75, 3.05) is 49.8 Å². The maximum atomic E-state index is 13.9. The molecule has 47 heavy (non-hydrogen) atoms. The summed E-state index contributed by atoms with van der Waals surface area (Å²) < 4.78 is 51.8. The van der Waals surface area contributed by atoms with E-state index in [-0.39, 0.29) is 36.6 Å². The summed E-state index contributed by atoms with van der Waals surface area (Å²) in [7, 11) is 1.76. The van der Waals surface area contributed by atoms with E-state index in [9.17, 15) is 18.7 Å². The molecule has 0 amide bonds. The van der Waals surface area contributed by atoms with Crippen LogP contribution in [0.2, 0.25) is 0 Å². The quantitative estimate of drug-likeness (QED) is 0.336. The molecular weight excluding hydrogens is 614 g/mol. The van der Waals surface area contributed by atoms with Gasteiger partial charge in [0.2, 0.25) is 5.88 Å². The van der Waals surface area contributed by atoms with Gasteiger partial charge in [-0.15, -0.1) is 0 Å². The highest BCUT2D eigenvalue weighted by Gasteiger charge is 2.50. The fraction of sp³-hybridized carbons (Fsp3) is 0.576. The molecule has 252 valence electrons. The maximum absolute atomic E-state index is 13.9. The van der Waals surface area contributed by atoms with Gasteiger partial charge < -0.3 is 38.8 Å². The Kier molecular flexibility index (Phi) is 8.75. The van der Waals surface area contributed by atoms with E-state index in [4.69, 9.17) is 23.9 Å². The second-order valence-corrected chi connectivity index (χ2v) is 12.9. The van der Waals surface area contributed by atoms with Gasteiger partial charge in [0.15, 0.2) is 5.82 Å². The Morgan fingerprint density at radius 3 is 2.72 bits per heavy atom. The first-order valence-corrected chi connectivity index (χ1v) is 16.2. The van der Waals surface area contributed by atoms with Gasteiger partial charge >= 0.3 is 5.97 Å². The Hall–Kier alpha value is -3.88. The molecule has 0 bridgehead atoms. The summed E-state index contributed by atoms with van der Waals surface area (Å²) in [5, 5.41) is 10.2. The van der Waals surface area contributed by atoms with Crippen LogP contribution < -0.4 is 14.5 Å². The van der Waals surface area contributed by atoms with Crippen LogP contribution in [0.5, 0.6) is 5.88 Å². The second kappa shape index (κ2) is 13.0. The van der Waals surface area contributed by atoms with Gasteiger partial charge in [0, 0.05) is 38.5 Å². The van der Waals surface area contributed by atoms with Crippen molar-refractivity contribution >= 4 is 17.5 Å². The molecule has 3 aromatic rings. The number of aromatic nitrogens is 4. The third-order valence-corrected chi connectivity index (χ3v) is 10.2. The number of morpholine rings is 1. The van der Waals surface area contributed by atoms with E-state index >= 15 is 0 Å². The first-order chi connectivity index (χ1) is 22.7. The largest absolute Gasteiger partial charge is 0.480 e. The third-order valence-electron chi connectivity index (χ3n) is 10.2. The van der Waals surface area contributed by atoms with E-state index in [1.807, 2.05) is 6.20 Å². The van der Waals surface area contributed by atoms with E-state index in [2.05, 4.69) is 32.8 Å². The van der Waals surface area contributed by atoms with Crippen molar-refractivity contribution in [1.82, 2.24) is 19.9 Å². The molecule has 1 spiro atoms. The minimum absolute atomic E-state index is 0.0190. The van der Waals surface area contributed by atoms with E-state index in [0.717, 1.165) is 36.9 Å². The van der Waals surface area contributed by atoms with Crippen LogP contribution in [0.4, 0.5) is 20.3 Å². The molecule has 5 atom stereocenters. The number of ether oxygens (including phenoxy) is 4. The molecule has 1 saturated carbocycles. The predicted octanol–water partition coefficient (Wildman–Crippen LogP) is 4.58. The van der Waals surface area contributed by atoms with Crippen molar-refractivity contribution in [2.45, 2.75) is 81.3 Å². The molecule has 2 N–H and O–H groups in total. The second-order valence-electron chi connectivity index (χ2n) is 12.9. The molecule has 1 unspecified atom stereocenters. The Morgan fingerprint density at radius 1 is 1.17 bits per heavy atom. The van der Waals surface area contributed by atoms with Gasteiger partial charge in [-0.3, -0.25) is 0 Å². The fourth-order valence-electron chi connectivity index (χ4n) is 7.39. The van der Waals surface area contributed by atoms with Crippen molar-refractivity contribution < 1.29 is 37.6 Å². The summed E-state index contributed by atoms with van der Waals surface area (Å²) in [6, 6.07) is 6.05. The van der Waals surface area contributed by atoms with Gasteiger partial charge in [-0.2, -0.15) is 0 Å². The van der Waals surface area contributed by atoms with Crippen LogP contribution in [0.1, 0.15) is 62.8 Å². The number of nitrogens with one attached hydrogen (secondary N) is 1. The smallest absolute Gasteiger partial charge is 0.326 e. The zero-order chi connectivity index (χ0) is 32.7. The minimum Gasteiger partial charge on any atom is -0.480 e. The lowest BCUT2D eigenvalue weighted by Gasteiger charge is -2.53. The summed E-state index contributed by atoms with van der Waals surface area (Å²) in [6.07, 6.45) is 4.36. The number of methoxy groups -OCH3 is 1. The number of alkyl halides is 2. The Balaban J connectivity index is 1.20. The fourth-order valence-corrected chi connectivity index (χ4v) is 7.39. The van der Waals surface area contributed by atoms with Gasteiger partial charge in [0.05, 0.1) is 49.9 Å². The Morgan fingerprint density at radius 2 is 2.02 bits per heavy atom. The lowest BCUT2D eigenvalue weighted by Crippen LogP contribution is -2.68. The SMILES string of the molecule is CO[C@@H]1CCCC(c2cnc(O[C@H]3C[C@@H](C(=O)O)N(c4cc(-c5ccc[nH]5)nc(C(F)F)n4)C3)c(N3CCOC4(COC4)[C@@H]3C)c2)C1. The molecule has 4 fully saturated rings. The van der Waals surface area contributed by atoms with E-state index < -0.39 is 36.0 Å². The van der Waals surface area contributed by atoms with Crippen LogP contribution in [0.3, 0.4) is 0 Å².